The van der Waals surface area contributed by atoms with Gasteiger partial charge in [0.05, 0.1) is 10.6 Å². The zero-order valence-corrected chi connectivity index (χ0v) is 17.6. The van der Waals surface area contributed by atoms with Gasteiger partial charge in [-0.1, -0.05) is 12.1 Å². The van der Waals surface area contributed by atoms with Crippen LogP contribution in [0.3, 0.4) is 0 Å². The van der Waals surface area contributed by atoms with Crippen molar-refractivity contribution in [3.63, 3.8) is 0 Å². The van der Waals surface area contributed by atoms with Crippen LogP contribution in [0.5, 0.6) is 0 Å². The SMILES string of the molecule is Cc1nn(C)c2sc(C(=O)Nc3cccc(CS(=O)C4CCOCC4)c3)cc12. The number of hydrogen-bond acceptors (Lipinski definition) is 5. The van der Waals surface area contributed by atoms with E-state index >= 15 is 0 Å². The molecule has 1 aromatic carbocycles. The van der Waals surface area contributed by atoms with Gasteiger partial charge >= 0.3 is 0 Å². The Hall–Kier alpha value is -2.03. The van der Waals surface area contributed by atoms with Crippen LogP contribution in [-0.4, -0.2) is 38.4 Å². The van der Waals surface area contributed by atoms with Gasteiger partial charge in [-0.25, -0.2) is 0 Å². The molecule has 1 amide bonds. The standard InChI is InChI=1S/C20H23N3O3S2/c1-13-17-11-18(27-20(17)23(2)22-13)19(24)21-15-5-3-4-14(10-15)12-28(25)16-6-8-26-9-7-16/h3-5,10-11,16H,6-9,12H2,1-2H3,(H,21,24). The number of amides is 1. The Morgan fingerprint density at radius 3 is 2.89 bits per heavy atom. The largest absolute Gasteiger partial charge is 0.381 e. The molecule has 3 aromatic rings. The first-order chi connectivity index (χ1) is 13.5. The van der Waals surface area contributed by atoms with Crippen LogP contribution in [0.4, 0.5) is 5.69 Å². The summed E-state index contributed by atoms with van der Waals surface area (Å²) in [6.45, 7) is 3.33. The lowest BCUT2D eigenvalue weighted by molar-refractivity contribution is 0.0991. The summed E-state index contributed by atoms with van der Waals surface area (Å²) in [5.74, 6) is 0.366. The molecule has 4 rings (SSSR count). The second-order valence-corrected chi connectivity index (χ2v) is 9.78. The fourth-order valence-electron chi connectivity index (χ4n) is 3.47. The van der Waals surface area contributed by atoms with Crippen molar-refractivity contribution in [3.05, 3.63) is 46.5 Å². The van der Waals surface area contributed by atoms with Gasteiger partial charge in [0.1, 0.15) is 4.83 Å². The molecular formula is C20H23N3O3S2. The van der Waals surface area contributed by atoms with E-state index in [1.165, 1.54) is 11.3 Å². The van der Waals surface area contributed by atoms with Crippen molar-refractivity contribution < 1.29 is 13.7 Å². The molecule has 1 atom stereocenters. The third kappa shape index (κ3) is 4.04. The van der Waals surface area contributed by atoms with Crippen molar-refractivity contribution in [1.29, 1.82) is 0 Å². The number of rotatable bonds is 5. The van der Waals surface area contributed by atoms with Gasteiger partial charge in [-0.05, 0) is 43.5 Å². The molecule has 8 heteroatoms. The normalized spacial score (nSPS) is 16.4. The monoisotopic (exact) mass is 417 g/mol. The van der Waals surface area contributed by atoms with E-state index in [-0.39, 0.29) is 11.2 Å². The fourth-order valence-corrected chi connectivity index (χ4v) is 5.95. The molecule has 3 heterocycles. The smallest absolute Gasteiger partial charge is 0.265 e. The number of fused-ring (bicyclic) bond motifs is 1. The Morgan fingerprint density at radius 2 is 2.14 bits per heavy atom. The van der Waals surface area contributed by atoms with E-state index in [0.717, 1.165) is 40.0 Å². The summed E-state index contributed by atoms with van der Waals surface area (Å²) in [5, 5.41) is 8.54. The molecule has 1 aliphatic heterocycles. The lowest BCUT2D eigenvalue weighted by Gasteiger charge is -2.21. The van der Waals surface area contributed by atoms with Crippen LogP contribution in [0.25, 0.3) is 10.2 Å². The molecule has 1 N–H and O–H groups in total. The quantitative estimate of drug-likeness (QED) is 0.688. The van der Waals surface area contributed by atoms with Gasteiger partial charge in [-0.2, -0.15) is 5.10 Å². The molecule has 1 fully saturated rings. The van der Waals surface area contributed by atoms with Crippen molar-refractivity contribution in [1.82, 2.24) is 9.78 Å². The number of ether oxygens (including phenoxy) is 1. The zero-order chi connectivity index (χ0) is 19.7. The van der Waals surface area contributed by atoms with Crippen LogP contribution in [0.2, 0.25) is 0 Å². The third-order valence-electron chi connectivity index (χ3n) is 4.95. The second-order valence-electron chi connectivity index (χ2n) is 7.03. The van der Waals surface area contributed by atoms with Gasteiger partial charge in [0.15, 0.2) is 0 Å². The summed E-state index contributed by atoms with van der Waals surface area (Å²) in [6.07, 6.45) is 1.70. The number of benzene rings is 1. The Balaban J connectivity index is 1.45. The van der Waals surface area contributed by atoms with Crippen LogP contribution in [0.1, 0.15) is 33.8 Å². The van der Waals surface area contributed by atoms with Crippen LogP contribution in [0, 0.1) is 6.92 Å². The molecule has 0 spiro atoms. The molecule has 0 radical (unpaired) electrons. The minimum atomic E-state index is -0.925. The van der Waals surface area contributed by atoms with Crippen LogP contribution >= 0.6 is 11.3 Å². The fraction of sp³-hybridized carbons (Fsp3) is 0.400. The van der Waals surface area contributed by atoms with E-state index in [1.54, 1.807) is 4.68 Å². The minimum absolute atomic E-state index is 0.136. The highest BCUT2D eigenvalue weighted by Gasteiger charge is 2.20. The van der Waals surface area contributed by atoms with Crippen molar-refractivity contribution >= 4 is 43.9 Å². The lowest BCUT2D eigenvalue weighted by Crippen LogP contribution is -2.25. The van der Waals surface area contributed by atoms with Gasteiger partial charge in [0.2, 0.25) is 0 Å². The Bertz CT molecular complexity index is 1000. The molecular weight excluding hydrogens is 394 g/mol. The summed E-state index contributed by atoms with van der Waals surface area (Å²) >= 11 is 1.43. The van der Waals surface area contributed by atoms with Crippen molar-refractivity contribution in [3.8, 4) is 0 Å². The van der Waals surface area contributed by atoms with E-state index in [4.69, 9.17) is 4.74 Å². The number of aromatic nitrogens is 2. The number of nitrogens with zero attached hydrogens (tertiary/aromatic N) is 2. The van der Waals surface area contributed by atoms with E-state index in [9.17, 15) is 9.00 Å². The van der Waals surface area contributed by atoms with Crippen molar-refractivity contribution in [2.75, 3.05) is 18.5 Å². The maximum atomic E-state index is 12.7. The van der Waals surface area contributed by atoms with Gasteiger partial charge in [0.25, 0.3) is 5.91 Å². The van der Waals surface area contributed by atoms with E-state index in [2.05, 4.69) is 10.4 Å². The van der Waals surface area contributed by atoms with Crippen LogP contribution in [-0.2, 0) is 28.3 Å². The van der Waals surface area contributed by atoms with E-state index in [1.807, 2.05) is 44.3 Å². The number of nitrogens with one attached hydrogen (secondary N) is 1. The third-order valence-corrected chi connectivity index (χ3v) is 7.99. The minimum Gasteiger partial charge on any atom is -0.381 e. The van der Waals surface area contributed by atoms with Crippen molar-refractivity contribution in [2.24, 2.45) is 7.05 Å². The van der Waals surface area contributed by atoms with Gasteiger partial charge < -0.3 is 10.1 Å². The van der Waals surface area contributed by atoms with Crippen molar-refractivity contribution in [2.45, 2.75) is 30.8 Å². The highest BCUT2D eigenvalue weighted by molar-refractivity contribution is 7.84. The van der Waals surface area contributed by atoms with Gasteiger partial charge in [-0.15, -0.1) is 11.3 Å². The van der Waals surface area contributed by atoms with Crippen LogP contribution < -0.4 is 5.32 Å². The molecule has 28 heavy (non-hydrogen) atoms. The second kappa shape index (κ2) is 8.14. The number of hydrogen-bond donors (Lipinski definition) is 1. The molecule has 0 aliphatic carbocycles. The molecule has 1 aliphatic rings. The Kier molecular flexibility index (Phi) is 5.61. The molecule has 6 nitrogen and oxygen atoms in total. The Labute approximate surface area is 170 Å². The summed E-state index contributed by atoms with van der Waals surface area (Å²) in [6, 6.07) is 9.52. The average Bonchev–Trinajstić information content (AvgIpc) is 3.24. The number of carbonyl (C=O) groups is 1. The highest BCUT2D eigenvalue weighted by Crippen LogP contribution is 2.28. The predicted molar refractivity (Wildman–Crippen MR) is 113 cm³/mol. The molecule has 1 unspecified atom stereocenters. The van der Waals surface area contributed by atoms with Gasteiger partial charge in [-0.3, -0.25) is 13.7 Å². The topological polar surface area (TPSA) is 73.2 Å². The number of aryl methyl sites for hydroxylation is 2. The first-order valence-corrected chi connectivity index (χ1v) is 11.5. The molecule has 148 valence electrons. The first-order valence-electron chi connectivity index (χ1n) is 9.29. The van der Waals surface area contributed by atoms with Gasteiger partial charge in [0, 0.05) is 53.1 Å². The number of anilines is 1. The Morgan fingerprint density at radius 1 is 1.36 bits per heavy atom. The van der Waals surface area contributed by atoms with E-state index < -0.39 is 10.8 Å². The summed E-state index contributed by atoms with van der Waals surface area (Å²) in [5.41, 5.74) is 2.61. The average molecular weight is 418 g/mol. The van der Waals surface area contributed by atoms with Crippen LogP contribution in [0.15, 0.2) is 30.3 Å². The maximum absolute atomic E-state index is 12.7. The predicted octanol–water partition coefficient (Wildman–Crippen LogP) is 3.62. The first kappa shape index (κ1) is 19.3. The maximum Gasteiger partial charge on any atom is 0.265 e. The highest BCUT2D eigenvalue weighted by atomic mass is 32.2. The summed E-state index contributed by atoms with van der Waals surface area (Å²) < 4.78 is 19.8. The zero-order valence-electron chi connectivity index (χ0n) is 15.9. The number of carbonyl (C=O) groups excluding carboxylic acids is 1. The van der Waals surface area contributed by atoms with E-state index in [0.29, 0.717) is 23.8 Å². The molecule has 2 aromatic heterocycles. The summed E-state index contributed by atoms with van der Waals surface area (Å²) in [7, 11) is 0.959. The molecule has 0 saturated carbocycles. The summed E-state index contributed by atoms with van der Waals surface area (Å²) in [4.78, 5) is 14.3. The molecule has 0 bridgehead atoms. The lowest BCUT2D eigenvalue weighted by atomic mass is 10.2. The molecule has 1 saturated heterocycles. The number of thiophene rings is 1.